The van der Waals surface area contributed by atoms with Crippen molar-refractivity contribution in [3.05, 3.63) is 65.3 Å². The summed E-state index contributed by atoms with van der Waals surface area (Å²) in [7, 11) is 2.09. The molecule has 1 aromatic heterocycles. The number of allylic oxidation sites excluding steroid dienone is 1. The maximum atomic E-state index is 13.3. The first-order valence-corrected chi connectivity index (χ1v) is 11.2. The topological polar surface area (TPSA) is 53.4 Å². The molecule has 1 atom stereocenters. The molecule has 31 heavy (non-hydrogen) atoms. The molecule has 1 fully saturated rings. The largest absolute Gasteiger partial charge is 0.335 e. The molecule has 0 saturated carbocycles. The minimum atomic E-state index is -0.203. The predicted molar refractivity (Wildman–Crippen MR) is 120 cm³/mol. The van der Waals surface area contributed by atoms with Crippen molar-refractivity contribution in [1.82, 2.24) is 24.9 Å². The zero-order valence-electron chi connectivity index (χ0n) is 18.3. The Labute approximate surface area is 183 Å². The Bertz CT molecular complexity index is 915. The number of amides is 1. The van der Waals surface area contributed by atoms with Gasteiger partial charge in [-0.2, -0.15) is 5.10 Å². The van der Waals surface area contributed by atoms with Crippen molar-refractivity contribution < 1.29 is 9.18 Å². The van der Waals surface area contributed by atoms with Gasteiger partial charge in [0.2, 0.25) is 0 Å². The van der Waals surface area contributed by atoms with E-state index in [4.69, 9.17) is 5.10 Å². The van der Waals surface area contributed by atoms with Crippen molar-refractivity contribution >= 4 is 5.91 Å². The van der Waals surface area contributed by atoms with Crippen molar-refractivity contribution in [3.63, 3.8) is 0 Å². The van der Waals surface area contributed by atoms with Crippen LogP contribution in [0.5, 0.6) is 0 Å². The molecular weight excluding hydrogens is 393 g/mol. The van der Waals surface area contributed by atoms with Crippen molar-refractivity contribution in [2.45, 2.75) is 38.3 Å². The van der Waals surface area contributed by atoms with Crippen LogP contribution in [0.1, 0.15) is 33.7 Å². The van der Waals surface area contributed by atoms with E-state index in [1.165, 1.54) is 17.8 Å². The molecule has 1 aliphatic heterocycles. The van der Waals surface area contributed by atoms with E-state index in [0.717, 1.165) is 69.5 Å². The molecule has 0 radical (unpaired) electrons. The molecule has 7 heteroatoms. The van der Waals surface area contributed by atoms with Crippen molar-refractivity contribution in [3.8, 4) is 0 Å². The highest BCUT2D eigenvalue weighted by molar-refractivity contribution is 5.94. The summed E-state index contributed by atoms with van der Waals surface area (Å²) in [5.74, 6) is -0.148. The molecule has 1 saturated heterocycles. The maximum Gasteiger partial charge on any atom is 0.274 e. The number of likely N-dealkylation sites (N-methyl/N-ethyl adjacent to an activating group) is 1. The second-order valence-corrected chi connectivity index (χ2v) is 8.61. The number of carbonyl (C=O) groups is 1. The Morgan fingerprint density at radius 1 is 1.26 bits per heavy atom. The number of nitrogens with one attached hydrogen (secondary N) is 1. The molecule has 2 aliphatic rings. The summed E-state index contributed by atoms with van der Waals surface area (Å²) in [4.78, 5) is 17.5. The number of fused-ring (bicyclic) bond motifs is 1. The van der Waals surface area contributed by atoms with Crippen molar-refractivity contribution in [1.29, 1.82) is 0 Å². The van der Waals surface area contributed by atoms with E-state index < -0.39 is 0 Å². The van der Waals surface area contributed by atoms with Gasteiger partial charge < -0.3 is 15.1 Å². The number of benzene rings is 1. The molecule has 2 heterocycles. The Kier molecular flexibility index (Phi) is 6.83. The maximum absolute atomic E-state index is 13.3. The van der Waals surface area contributed by atoms with Gasteiger partial charge in [0.05, 0.1) is 6.54 Å². The van der Waals surface area contributed by atoms with E-state index in [1.807, 2.05) is 27.8 Å². The highest BCUT2D eigenvalue weighted by Crippen LogP contribution is 2.26. The molecule has 6 nitrogen and oxygen atoms in total. The van der Waals surface area contributed by atoms with Crippen LogP contribution < -0.4 is 5.32 Å². The van der Waals surface area contributed by atoms with Crippen LogP contribution in [0.15, 0.2) is 36.9 Å². The zero-order chi connectivity index (χ0) is 21.8. The van der Waals surface area contributed by atoms with Gasteiger partial charge in [0, 0.05) is 43.5 Å². The minimum Gasteiger partial charge on any atom is -0.335 e. The van der Waals surface area contributed by atoms with Crippen molar-refractivity contribution in [2.24, 2.45) is 0 Å². The number of piperazine rings is 1. The summed E-state index contributed by atoms with van der Waals surface area (Å²) in [5.41, 5.74) is 4.01. The van der Waals surface area contributed by atoms with Gasteiger partial charge in [-0.15, -0.1) is 6.58 Å². The smallest absolute Gasteiger partial charge is 0.274 e. The Balaban J connectivity index is 1.44. The monoisotopic (exact) mass is 425 g/mol. The molecule has 0 bridgehead atoms. The van der Waals surface area contributed by atoms with Crippen LogP contribution in [-0.2, 0) is 25.8 Å². The Morgan fingerprint density at radius 3 is 2.71 bits per heavy atom. The SMILES string of the molecule is C=CCn1nc(C(=O)N2CCN(C)CC2)c2c1CCC(NCCc1ccc(F)cc1)C2. The number of carbonyl (C=O) groups excluding carboxylic acids is 1. The average Bonchev–Trinajstić information content (AvgIpc) is 3.13. The van der Waals surface area contributed by atoms with Crippen LogP contribution in [-0.4, -0.2) is 71.3 Å². The summed E-state index contributed by atoms with van der Waals surface area (Å²) in [6.45, 7) is 8.59. The van der Waals surface area contributed by atoms with Crippen LogP contribution in [0.4, 0.5) is 4.39 Å². The summed E-state index contributed by atoms with van der Waals surface area (Å²) >= 11 is 0. The molecule has 1 aromatic carbocycles. The summed E-state index contributed by atoms with van der Waals surface area (Å²) in [5, 5.41) is 8.36. The van der Waals surface area contributed by atoms with Gasteiger partial charge in [-0.3, -0.25) is 9.48 Å². The van der Waals surface area contributed by atoms with Gasteiger partial charge in [0.1, 0.15) is 5.82 Å². The Hall–Kier alpha value is -2.51. The summed E-state index contributed by atoms with van der Waals surface area (Å²) in [6, 6.07) is 7.00. The van der Waals surface area contributed by atoms with Crippen LogP contribution >= 0.6 is 0 Å². The van der Waals surface area contributed by atoms with Crippen LogP contribution in [0.2, 0.25) is 0 Å². The second kappa shape index (κ2) is 9.75. The van der Waals surface area contributed by atoms with Crippen molar-refractivity contribution in [2.75, 3.05) is 39.8 Å². The fraction of sp³-hybridized carbons (Fsp3) is 0.500. The molecule has 1 aliphatic carbocycles. The van der Waals surface area contributed by atoms with Gasteiger partial charge in [-0.25, -0.2) is 4.39 Å². The van der Waals surface area contributed by atoms with E-state index in [2.05, 4.69) is 23.8 Å². The summed E-state index contributed by atoms with van der Waals surface area (Å²) in [6.07, 6.45) is 5.42. The van der Waals surface area contributed by atoms with Crippen LogP contribution in [0, 0.1) is 5.82 Å². The Morgan fingerprint density at radius 2 is 2.00 bits per heavy atom. The lowest BCUT2D eigenvalue weighted by atomic mass is 9.91. The predicted octanol–water partition coefficient (Wildman–Crippen LogP) is 2.29. The van der Waals surface area contributed by atoms with Crippen LogP contribution in [0.25, 0.3) is 0 Å². The highest BCUT2D eigenvalue weighted by Gasteiger charge is 2.31. The number of hydrogen-bond acceptors (Lipinski definition) is 4. The third-order valence-corrected chi connectivity index (χ3v) is 6.40. The standard InChI is InChI=1S/C24H32FN5O/c1-3-12-30-22-9-8-20(26-11-10-18-4-6-19(25)7-5-18)17-21(22)23(27-30)24(31)29-15-13-28(2)14-16-29/h3-7,20,26H,1,8-17H2,2H3. The van der Waals surface area contributed by atoms with Gasteiger partial charge in [-0.1, -0.05) is 18.2 Å². The van der Waals surface area contributed by atoms with Gasteiger partial charge >= 0.3 is 0 Å². The molecule has 0 spiro atoms. The molecule has 2 aromatic rings. The normalized spacial score (nSPS) is 19.3. The van der Waals surface area contributed by atoms with Gasteiger partial charge in [0.15, 0.2) is 5.69 Å². The number of halogens is 1. The first kappa shape index (κ1) is 21.7. The number of hydrogen-bond donors (Lipinski definition) is 1. The minimum absolute atomic E-state index is 0.0547. The highest BCUT2D eigenvalue weighted by atomic mass is 19.1. The fourth-order valence-electron chi connectivity index (χ4n) is 4.54. The fourth-order valence-corrected chi connectivity index (χ4v) is 4.54. The van der Waals surface area contributed by atoms with Gasteiger partial charge in [0.25, 0.3) is 5.91 Å². The first-order chi connectivity index (χ1) is 15.0. The molecule has 166 valence electrons. The molecule has 4 rings (SSSR count). The number of rotatable bonds is 7. The molecular formula is C24H32FN5O. The van der Waals surface area contributed by atoms with E-state index >= 15 is 0 Å². The number of nitrogens with zero attached hydrogens (tertiary/aromatic N) is 4. The van der Waals surface area contributed by atoms with E-state index in [-0.39, 0.29) is 11.7 Å². The first-order valence-electron chi connectivity index (χ1n) is 11.2. The molecule has 1 N–H and O–H groups in total. The summed E-state index contributed by atoms with van der Waals surface area (Å²) < 4.78 is 15.0. The van der Waals surface area contributed by atoms with E-state index in [9.17, 15) is 9.18 Å². The molecule has 1 unspecified atom stereocenters. The molecule has 1 amide bonds. The van der Waals surface area contributed by atoms with Gasteiger partial charge in [-0.05, 0) is 57.0 Å². The average molecular weight is 426 g/mol. The number of aromatic nitrogens is 2. The third-order valence-electron chi connectivity index (χ3n) is 6.40. The quantitative estimate of drug-likeness (QED) is 0.692. The third kappa shape index (κ3) is 5.05. The zero-order valence-corrected chi connectivity index (χ0v) is 18.3. The second-order valence-electron chi connectivity index (χ2n) is 8.61. The lowest BCUT2D eigenvalue weighted by molar-refractivity contribution is 0.0656. The lowest BCUT2D eigenvalue weighted by Gasteiger charge is -2.32. The van der Waals surface area contributed by atoms with Crippen LogP contribution in [0.3, 0.4) is 0 Å². The lowest BCUT2D eigenvalue weighted by Crippen LogP contribution is -2.47. The van der Waals surface area contributed by atoms with E-state index in [0.29, 0.717) is 18.3 Å². The van der Waals surface area contributed by atoms with E-state index in [1.54, 1.807) is 0 Å².